The van der Waals surface area contributed by atoms with Crippen LogP contribution in [0.25, 0.3) is 22.0 Å². The first-order valence-corrected chi connectivity index (χ1v) is 9.18. The van der Waals surface area contributed by atoms with Crippen LogP contribution in [-0.4, -0.2) is 23.5 Å². The molecule has 2 heterocycles. The molecule has 0 bridgehead atoms. The molecule has 5 nitrogen and oxygen atoms in total. The van der Waals surface area contributed by atoms with Crippen LogP contribution in [-0.2, 0) is 0 Å². The first-order valence-electron chi connectivity index (χ1n) is 8.36. The fraction of sp³-hybridized carbons (Fsp3) is 0.263. The second-order valence-corrected chi connectivity index (χ2v) is 7.25. The number of hydrogen-bond donors (Lipinski definition) is 2. The summed E-state index contributed by atoms with van der Waals surface area (Å²) in [7, 11) is 0. The van der Waals surface area contributed by atoms with E-state index in [2.05, 4.69) is 10.3 Å². The highest BCUT2D eigenvalue weighted by Crippen LogP contribution is 2.34. The summed E-state index contributed by atoms with van der Waals surface area (Å²) in [5.74, 6) is 1.08. The number of hydrogen-bond acceptors (Lipinski definition) is 5. The molecule has 1 aromatic carbocycles. The number of benzene rings is 1. The lowest BCUT2D eigenvalue weighted by Crippen LogP contribution is -2.38. The van der Waals surface area contributed by atoms with Gasteiger partial charge in [0.15, 0.2) is 10.8 Å². The van der Waals surface area contributed by atoms with Crippen molar-refractivity contribution in [2.45, 2.75) is 18.9 Å². The number of amides is 1. The highest BCUT2D eigenvalue weighted by molar-refractivity contribution is 7.17. The maximum absolute atomic E-state index is 12.7. The molecule has 1 saturated carbocycles. The molecule has 4 rings (SSSR count). The second kappa shape index (κ2) is 6.82. The molecule has 0 saturated heterocycles. The van der Waals surface area contributed by atoms with Gasteiger partial charge in [-0.25, -0.2) is 4.98 Å². The van der Waals surface area contributed by atoms with Crippen LogP contribution >= 0.6 is 11.3 Å². The van der Waals surface area contributed by atoms with Crippen molar-refractivity contribution in [1.82, 2.24) is 10.3 Å². The number of furan rings is 1. The van der Waals surface area contributed by atoms with E-state index in [4.69, 9.17) is 10.2 Å². The minimum Gasteiger partial charge on any atom is -0.462 e. The number of thiazole rings is 1. The molecule has 1 amide bonds. The predicted molar refractivity (Wildman–Crippen MR) is 98.3 cm³/mol. The zero-order valence-electron chi connectivity index (χ0n) is 13.6. The zero-order chi connectivity index (χ0) is 17.2. The topological polar surface area (TPSA) is 81.1 Å². The van der Waals surface area contributed by atoms with Gasteiger partial charge in [0.2, 0.25) is 0 Å². The van der Waals surface area contributed by atoms with Gasteiger partial charge in [-0.3, -0.25) is 4.79 Å². The van der Waals surface area contributed by atoms with Crippen LogP contribution in [0.1, 0.15) is 22.5 Å². The zero-order valence-corrected chi connectivity index (χ0v) is 14.5. The lowest BCUT2D eigenvalue weighted by Gasteiger charge is -2.11. The van der Waals surface area contributed by atoms with E-state index in [1.54, 1.807) is 6.26 Å². The average Bonchev–Trinajstić information content (AvgIpc) is 3.18. The molecule has 1 aliphatic rings. The SMILES string of the molecule is NC(CNC(=O)c1sc(-c2ccco2)nc1-c1ccccc1)C1CC1. The summed E-state index contributed by atoms with van der Waals surface area (Å²) in [5.41, 5.74) is 7.68. The molecule has 6 heteroatoms. The number of nitrogens with zero attached hydrogens (tertiary/aromatic N) is 1. The fourth-order valence-electron chi connectivity index (χ4n) is 2.75. The summed E-state index contributed by atoms with van der Waals surface area (Å²) in [6.45, 7) is 0.492. The van der Waals surface area contributed by atoms with E-state index in [1.807, 2.05) is 42.5 Å². The smallest absolute Gasteiger partial charge is 0.263 e. The third-order valence-corrected chi connectivity index (χ3v) is 5.41. The summed E-state index contributed by atoms with van der Waals surface area (Å²) >= 11 is 1.34. The summed E-state index contributed by atoms with van der Waals surface area (Å²) in [6.07, 6.45) is 3.93. The first-order chi connectivity index (χ1) is 12.2. The van der Waals surface area contributed by atoms with Gasteiger partial charge >= 0.3 is 0 Å². The molecule has 1 aliphatic carbocycles. The molecule has 1 fully saturated rings. The van der Waals surface area contributed by atoms with Crippen molar-refractivity contribution >= 4 is 17.2 Å². The van der Waals surface area contributed by atoms with Crippen LogP contribution in [0.2, 0.25) is 0 Å². The Kier molecular flexibility index (Phi) is 4.38. The van der Waals surface area contributed by atoms with Gasteiger partial charge < -0.3 is 15.5 Å². The largest absolute Gasteiger partial charge is 0.462 e. The lowest BCUT2D eigenvalue weighted by molar-refractivity contribution is 0.0955. The van der Waals surface area contributed by atoms with Crippen molar-refractivity contribution in [3.05, 3.63) is 53.6 Å². The molecule has 128 valence electrons. The Balaban J connectivity index is 1.63. The number of rotatable bonds is 6. The van der Waals surface area contributed by atoms with Crippen LogP contribution < -0.4 is 11.1 Å². The number of carbonyl (C=O) groups is 1. The van der Waals surface area contributed by atoms with Crippen molar-refractivity contribution < 1.29 is 9.21 Å². The van der Waals surface area contributed by atoms with Crippen LogP contribution in [0.5, 0.6) is 0 Å². The van der Waals surface area contributed by atoms with Crippen molar-refractivity contribution in [1.29, 1.82) is 0 Å². The number of carbonyl (C=O) groups excluding carboxylic acids is 1. The van der Waals surface area contributed by atoms with Crippen LogP contribution in [0.4, 0.5) is 0 Å². The maximum Gasteiger partial charge on any atom is 0.263 e. The van der Waals surface area contributed by atoms with Crippen molar-refractivity contribution in [2.75, 3.05) is 6.54 Å². The quantitative estimate of drug-likeness (QED) is 0.710. The van der Waals surface area contributed by atoms with Crippen LogP contribution in [0, 0.1) is 5.92 Å². The van der Waals surface area contributed by atoms with E-state index < -0.39 is 0 Å². The normalized spacial score (nSPS) is 15.1. The minimum atomic E-state index is -0.134. The Morgan fingerprint density at radius 1 is 1.28 bits per heavy atom. The van der Waals surface area contributed by atoms with Gasteiger partial charge in [0.25, 0.3) is 5.91 Å². The van der Waals surface area contributed by atoms with E-state index in [9.17, 15) is 4.79 Å². The fourth-order valence-corrected chi connectivity index (χ4v) is 3.73. The van der Waals surface area contributed by atoms with Gasteiger partial charge in [-0.05, 0) is 30.9 Å². The third-order valence-electron chi connectivity index (χ3n) is 4.34. The molecule has 0 aliphatic heterocycles. The van der Waals surface area contributed by atoms with E-state index in [0.29, 0.717) is 33.8 Å². The van der Waals surface area contributed by atoms with Crippen molar-refractivity contribution in [3.63, 3.8) is 0 Å². The second-order valence-electron chi connectivity index (χ2n) is 6.25. The van der Waals surface area contributed by atoms with E-state index in [1.165, 1.54) is 11.3 Å². The Hall–Kier alpha value is -2.44. The van der Waals surface area contributed by atoms with Gasteiger partial charge in [0.05, 0.1) is 12.0 Å². The number of aromatic nitrogens is 1. The standard InChI is InChI=1S/C19H19N3O2S/c20-14(12-8-9-12)11-21-18(23)17-16(13-5-2-1-3-6-13)22-19(25-17)15-7-4-10-24-15/h1-7,10,12,14H,8-9,11,20H2,(H,21,23). The Bertz CT molecular complexity index is 854. The molecule has 3 N–H and O–H groups in total. The Morgan fingerprint density at radius 2 is 2.08 bits per heavy atom. The van der Waals surface area contributed by atoms with Crippen LogP contribution in [0.3, 0.4) is 0 Å². The molecule has 0 radical (unpaired) electrons. The molecule has 1 atom stereocenters. The number of nitrogens with one attached hydrogen (secondary N) is 1. The van der Waals surface area contributed by atoms with Gasteiger partial charge in [0.1, 0.15) is 4.88 Å². The average molecular weight is 353 g/mol. The summed E-state index contributed by atoms with van der Waals surface area (Å²) in [5, 5.41) is 3.66. The molecule has 25 heavy (non-hydrogen) atoms. The molecule has 1 unspecified atom stereocenters. The summed E-state index contributed by atoms with van der Waals surface area (Å²) < 4.78 is 5.44. The third kappa shape index (κ3) is 3.50. The molecular formula is C19H19N3O2S. The monoisotopic (exact) mass is 353 g/mol. The molecule has 2 aromatic heterocycles. The Labute approximate surface area is 149 Å². The van der Waals surface area contributed by atoms with Gasteiger partial charge in [0, 0.05) is 18.2 Å². The number of nitrogens with two attached hydrogens (primary N) is 1. The van der Waals surface area contributed by atoms with Gasteiger partial charge in [-0.1, -0.05) is 30.3 Å². The lowest BCUT2D eigenvalue weighted by atomic mass is 10.1. The molecular weight excluding hydrogens is 334 g/mol. The first kappa shape index (κ1) is 16.1. The highest BCUT2D eigenvalue weighted by atomic mass is 32.1. The Morgan fingerprint density at radius 3 is 2.76 bits per heavy atom. The van der Waals surface area contributed by atoms with Crippen LogP contribution in [0.15, 0.2) is 53.1 Å². The molecule has 0 spiro atoms. The van der Waals surface area contributed by atoms with Crippen molar-refractivity contribution in [3.8, 4) is 22.0 Å². The minimum absolute atomic E-state index is 0.0293. The summed E-state index contributed by atoms with van der Waals surface area (Å²) in [4.78, 5) is 18.0. The van der Waals surface area contributed by atoms with Crippen molar-refractivity contribution in [2.24, 2.45) is 11.7 Å². The van der Waals surface area contributed by atoms with Gasteiger partial charge in [-0.2, -0.15) is 0 Å². The van der Waals surface area contributed by atoms with Gasteiger partial charge in [-0.15, -0.1) is 11.3 Å². The van der Waals surface area contributed by atoms with E-state index in [-0.39, 0.29) is 11.9 Å². The van der Waals surface area contributed by atoms with E-state index in [0.717, 1.165) is 18.4 Å². The molecule has 3 aromatic rings. The maximum atomic E-state index is 12.7. The highest BCUT2D eigenvalue weighted by Gasteiger charge is 2.29. The van der Waals surface area contributed by atoms with E-state index >= 15 is 0 Å². The predicted octanol–water partition coefficient (Wildman–Crippen LogP) is 3.54. The summed E-state index contributed by atoms with van der Waals surface area (Å²) in [6, 6.07) is 13.4.